The van der Waals surface area contributed by atoms with Crippen molar-refractivity contribution in [1.29, 1.82) is 0 Å². The first-order valence-electron chi connectivity index (χ1n) is 6.16. The Labute approximate surface area is 122 Å². The van der Waals surface area contributed by atoms with Crippen LogP contribution in [0.1, 0.15) is 16.8 Å². The first-order chi connectivity index (χ1) is 9.58. The standard InChI is InChI=1S/C14H17ClN2O3/c1-9-11(14(15)17(2)16-9)8-20-13-10(7-18)5-4-6-12(13)19-3/h4-6,18H,7-8H2,1-3H3. The molecule has 108 valence electrons. The molecule has 6 heteroatoms. The normalized spacial score (nSPS) is 10.7. The number of hydrogen-bond donors (Lipinski definition) is 1. The van der Waals surface area contributed by atoms with Crippen molar-refractivity contribution in [2.75, 3.05) is 7.11 Å². The van der Waals surface area contributed by atoms with Crippen molar-refractivity contribution in [3.8, 4) is 11.5 Å². The van der Waals surface area contributed by atoms with Crippen LogP contribution in [0.15, 0.2) is 18.2 Å². The molecular formula is C14H17ClN2O3. The van der Waals surface area contributed by atoms with E-state index in [1.807, 2.05) is 6.92 Å². The lowest BCUT2D eigenvalue weighted by Gasteiger charge is -2.13. The van der Waals surface area contributed by atoms with Crippen molar-refractivity contribution in [2.24, 2.45) is 7.05 Å². The summed E-state index contributed by atoms with van der Waals surface area (Å²) in [6.45, 7) is 2.03. The monoisotopic (exact) mass is 296 g/mol. The largest absolute Gasteiger partial charge is 0.493 e. The third-order valence-corrected chi connectivity index (χ3v) is 3.55. The van der Waals surface area contributed by atoms with Gasteiger partial charge < -0.3 is 14.6 Å². The summed E-state index contributed by atoms with van der Waals surface area (Å²) in [5.74, 6) is 1.10. The van der Waals surface area contributed by atoms with Gasteiger partial charge in [0.05, 0.1) is 19.4 Å². The molecule has 0 aliphatic heterocycles. The molecule has 0 fully saturated rings. The summed E-state index contributed by atoms with van der Waals surface area (Å²) in [6.07, 6.45) is 0. The van der Waals surface area contributed by atoms with E-state index in [0.29, 0.717) is 22.2 Å². The Kier molecular flexibility index (Phi) is 4.52. The van der Waals surface area contributed by atoms with Crippen LogP contribution in [-0.2, 0) is 20.3 Å². The van der Waals surface area contributed by atoms with Crippen molar-refractivity contribution in [3.05, 3.63) is 40.2 Å². The predicted molar refractivity (Wildman–Crippen MR) is 76.2 cm³/mol. The molecule has 0 saturated carbocycles. The number of methoxy groups -OCH3 is 1. The number of nitrogens with zero attached hydrogens (tertiary/aromatic N) is 2. The fraction of sp³-hybridized carbons (Fsp3) is 0.357. The van der Waals surface area contributed by atoms with E-state index in [-0.39, 0.29) is 13.2 Å². The van der Waals surface area contributed by atoms with Crippen LogP contribution in [-0.4, -0.2) is 22.0 Å². The van der Waals surface area contributed by atoms with Gasteiger partial charge in [0.15, 0.2) is 11.5 Å². The first kappa shape index (κ1) is 14.7. The Bertz CT molecular complexity index is 588. The molecule has 0 atom stereocenters. The number of aliphatic hydroxyl groups excluding tert-OH is 1. The maximum Gasteiger partial charge on any atom is 0.167 e. The van der Waals surface area contributed by atoms with Gasteiger partial charge in [-0.25, -0.2) is 0 Å². The van der Waals surface area contributed by atoms with Crippen LogP contribution in [0, 0.1) is 6.92 Å². The Hall–Kier alpha value is -1.72. The molecule has 1 N–H and O–H groups in total. The summed E-state index contributed by atoms with van der Waals surface area (Å²) < 4.78 is 12.6. The van der Waals surface area contributed by atoms with E-state index in [1.54, 1.807) is 37.0 Å². The second-order valence-corrected chi connectivity index (χ2v) is 4.73. The number of aryl methyl sites for hydroxylation is 2. The van der Waals surface area contributed by atoms with Crippen molar-refractivity contribution in [1.82, 2.24) is 9.78 Å². The molecule has 0 aliphatic carbocycles. The van der Waals surface area contributed by atoms with Gasteiger partial charge in [-0.1, -0.05) is 23.7 Å². The molecule has 0 unspecified atom stereocenters. The molecule has 0 aliphatic rings. The highest BCUT2D eigenvalue weighted by atomic mass is 35.5. The van der Waals surface area contributed by atoms with Crippen LogP contribution >= 0.6 is 11.6 Å². The highest BCUT2D eigenvalue weighted by Gasteiger charge is 2.15. The Morgan fingerprint density at radius 2 is 2.15 bits per heavy atom. The number of halogens is 1. The second kappa shape index (κ2) is 6.15. The van der Waals surface area contributed by atoms with Gasteiger partial charge in [0.1, 0.15) is 11.8 Å². The minimum absolute atomic E-state index is 0.119. The van der Waals surface area contributed by atoms with Gasteiger partial charge in [0, 0.05) is 18.2 Å². The molecule has 0 bridgehead atoms. The summed E-state index contributed by atoms with van der Waals surface area (Å²) in [5, 5.41) is 14.1. The lowest BCUT2D eigenvalue weighted by molar-refractivity contribution is 0.249. The molecule has 0 amide bonds. The van der Waals surface area contributed by atoms with Gasteiger partial charge in [-0.05, 0) is 13.0 Å². The number of ether oxygens (including phenoxy) is 2. The molecule has 20 heavy (non-hydrogen) atoms. The number of para-hydroxylation sites is 1. The maximum atomic E-state index is 9.37. The third kappa shape index (κ3) is 2.73. The fourth-order valence-electron chi connectivity index (χ4n) is 1.99. The van der Waals surface area contributed by atoms with Gasteiger partial charge in [0.25, 0.3) is 0 Å². The molecule has 5 nitrogen and oxygen atoms in total. The van der Waals surface area contributed by atoms with E-state index in [9.17, 15) is 5.11 Å². The van der Waals surface area contributed by atoms with Gasteiger partial charge in [0.2, 0.25) is 0 Å². The average Bonchev–Trinajstić information content (AvgIpc) is 2.69. The zero-order chi connectivity index (χ0) is 14.7. The van der Waals surface area contributed by atoms with Gasteiger partial charge in [-0.2, -0.15) is 5.10 Å². The minimum Gasteiger partial charge on any atom is -0.493 e. The number of aliphatic hydroxyl groups is 1. The van der Waals surface area contributed by atoms with Crippen molar-refractivity contribution in [3.63, 3.8) is 0 Å². The molecular weight excluding hydrogens is 280 g/mol. The van der Waals surface area contributed by atoms with E-state index in [2.05, 4.69) is 5.10 Å². The topological polar surface area (TPSA) is 56.5 Å². The average molecular weight is 297 g/mol. The summed E-state index contributed by atoms with van der Waals surface area (Å²) in [5.41, 5.74) is 2.31. The van der Waals surface area contributed by atoms with Crippen LogP contribution < -0.4 is 9.47 Å². The summed E-state index contributed by atoms with van der Waals surface area (Å²) in [7, 11) is 3.34. The van der Waals surface area contributed by atoms with Crippen LogP contribution in [0.3, 0.4) is 0 Å². The smallest absolute Gasteiger partial charge is 0.167 e. The van der Waals surface area contributed by atoms with Gasteiger partial charge >= 0.3 is 0 Å². The second-order valence-electron chi connectivity index (χ2n) is 4.37. The molecule has 0 spiro atoms. The van der Waals surface area contributed by atoms with Crippen molar-refractivity contribution >= 4 is 11.6 Å². The van der Waals surface area contributed by atoms with Crippen molar-refractivity contribution in [2.45, 2.75) is 20.1 Å². The molecule has 2 aromatic rings. The molecule has 0 saturated heterocycles. The summed E-state index contributed by atoms with van der Waals surface area (Å²) in [6, 6.07) is 5.38. The van der Waals surface area contributed by atoms with Gasteiger partial charge in [-0.15, -0.1) is 0 Å². The fourth-order valence-corrected chi connectivity index (χ4v) is 2.22. The molecule has 1 heterocycles. The molecule has 1 aromatic carbocycles. The maximum absolute atomic E-state index is 9.37. The zero-order valence-corrected chi connectivity index (χ0v) is 12.4. The van der Waals surface area contributed by atoms with E-state index in [0.717, 1.165) is 11.3 Å². The minimum atomic E-state index is -0.119. The zero-order valence-electron chi connectivity index (χ0n) is 11.7. The molecule has 0 radical (unpaired) electrons. The Balaban J connectivity index is 2.26. The SMILES string of the molecule is COc1cccc(CO)c1OCc1c(C)nn(C)c1Cl. The van der Waals surface area contributed by atoms with Crippen LogP contribution in [0.4, 0.5) is 0 Å². The van der Waals surface area contributed by atoms with E-state index < -0.39 is 0 Å². The van der Waals surface area contributed by atoms with Crippen LogP contribution in [0.5, 0.6) is 11.5 Å². The number of rotatable bonds is 5. The predicted octanol–water partition coefficient (Wildman–Crippen LogP) is 2.46. The van der Waals surface area contributed by atoms with E-state index >= 15 is 0 Å². The molecule has 2 rings (SSSR count). The summed E-state index contributed by atoms with van der Waals surface area (Å²) >= 11 is 6.17. The highest BCUT2D eigenvalue weighted by Crippen LogP contribution is 2.32. The number of benzene rings is 1. The summed E-state index contributed by atoms with van der Waals surface area (Å²) in [4.78, 5) is 0. The Morgan fingerprint density at radius 3 is 2.70 bits per heavy atom. The highest BCUT2D eigenvalue weighted by molar-refractivity contribution is 6.30. The van der Waals surface area contributed by atoms with E-state index in [1.165, 1.54) is 0 Å². The van der Waals surface area contributed by atoms with Gasteiger partial charge in [-0.3, -0.25) is 4.68 Å². The first-order valence-corrected chi connectivity index (χ1v) is 6.53. The van der Waals surface area contributed by atoms with Crippen LogP contribution in [0.25, 0.3) is 0 Å². The quantitative estimate of drug-likeness (QED) is 0.921. The molecule has 1 aromatic heterocycles. The van der Waals surface area contributed by atoms with Crippen molar-refractivity contribution < 1.29 is 14.6 Å². The third-order valence-electron chi connectivity index (χ3n) is 3.08. The lowest BCUT2D eigenvalue weighted by atomic mass is 10.2. The number of aromatic nitrogens is 2. The van der Waals surface area contributed by atoms with Crippen LogP contribution in [0.2, 0.25) is 5.15 Å². The van der Waals surface area contributed by atoms with E-state index in [4.69, 9.17) is 21.1 Å². The number of hydrogen-bond acceptors (Lipinski definition) is 4. The lowest BCUT2D eigenvalue weighted by Crippen LogP contribution is -2.02. The Morgan fingerprint density at radius 1 is 1.40 bits per heavy atom.